The molecule has 4 nitrogen and oxygen atoms in total. The number of carbonyl (C=O) groups is 2. The van der Waals surface area contributed by atoms with Crippen LogP contribution < -0.4 is 4.74 Å². The molecule has 0 spiro atoms. The number of phenolic OH excluding ortho intramolecular Hbond substituents is 1. The lowest BCUT2D eigenvalue weighted by Gasteiger charge is -2.06. The lowest BCUT2D eigenvalue weighted by atomic mass is 10.2. The second-order valence-electron chi connectivity index (χ2n) is 2.98. The first kappa shape index (κ1) is 11.0. The van der Waals surface area contributed by atoms with Crippen molar-refractivity contribution in [2.75, 3.05) is 0 Å². The molecular formula is C11H10O4. The molecule has 0 fully saturated rings. The van der Waals surface area contributed by atoms with Gasteiger partial charge in [0.05, 0.1) is 5.56 Å². The molecule has 0 atom stereocenters. The summed E-state index contributed by atoms with van der Waals surface area (Å²) in [7, 11) is 0. The van der Waals surface area contributed by atoms with Gasteiger partial charge in [-0.3, -0.25) is 4.79 Å². The standard InChI is InChI=1S/C11H10O4/c1-7(2)11(14)15-9-5-3-4-8(6-12)10(9)13/h3-6,13H,1H2,2H3. The monoisotopic (exact) mass is 206 g/mol. The predicted molar refractivity (Wildman–Crippen MR) is 53.9 cm³/mol. The zero-order valence-electron chi connectivity index (χ0n) is 8.19. The average molecular weight is 206 g/mol. The predicted octanol–water partition coefficient (Wildman–Crippen LogP) is 1.69. The summed E-state index contributed by atoms with van der Waals surface area (Å²) in [6.45, 7) is 4.89. The first-order chi connectivity index (χ1) is 7.06. The Kier molecular flexibility index (Phi) is 3.23. The van der Waals surface area contributed by atoms with Crippen LogP contribution in [-0.2, 0) is 4.79 Å². The summed E-state index contributed by atoms with van der Waals surface area (Å²) in [6.07, 6.45) is 0.480. The van der Waals surface area contributed by atoms with Crippen LogP contribution >= 0.6 is 0 Å². The SMILES string of the molecule is C=C(C)C(=O)Oc1cccc(C=O)c1O. The van der Waals surface area contributed by atoms with Crippen LogP contribution in [0.2, 0.25) is 0 Å². The highest BCUT2D eigenvalue weighted by Crippen LogP contribution is 2.28. The van der Waals surface area contributed by atoms with Crippen LogP contribution in [0.25, 0.3) is 0 Å². The molecule has 1 rings (SSSR count). The summed E-state index contributed by atoms with van der Waals surface area (Å²) in [5, 5.41) is 9.48. The molecule has 0 saturated carbocycles. The smallest absolute Gasteiger partial charge is 0.338 e. The summed E-state index contributed by atoms with van der Waals surface area (Å²) in [4.78, 5) is 21.6. The van der Waals surface area contributed by atoms with Gasteiger partial charge in [-0.05, 0) is 19.1 Å². The van der Waals surface area contributed by atoms with E-state index in [9.17, 15) is 14.7 Å². The fourth-order valence-electron chi connectivity index (χ4n) is 0.904. The fraction of sp³-hybridized carbons (Fsp3) is 0.0909. The molecule has 1 aromatic rings. The van der Waals surface area contributed by atoms with Crippen molar-refractivity contribution in [3.63, 3.8) is 0 Å². The Bertz CT molecular complexity index is 421. The zero-order valence-corrected chi connectivity index (χ0v) is 8.19. The molecule has 0 bridgehead atoms. The number of carbonyl (C=O) groups excluding carboxylic acids is 2. The van der Waals surface area contributed by atoms with E-state index in [1.54, 1.807) is 0 Å². The summed E-state index contributed by atoms with van der Waals surface area (Å²) >= 11 is 0. The van der Waals surface area contributed by atoms with Crippen LogP contribution in [0, 0.1) is 0 Å². The van der Waals surface area contributed by atoms with Crippen LogP contribution in [0.3, 0.4) is 0 Å². The van der Waals surface area contributed by atoms with Gasteiger partial charge in [0.1, 0.15) is 0 Å². The number of aldehydes is 1. The zero-order chi connectivity index (χ0) is 11.4. The Labute approximate surface area is 86.8 Å². The lowest BCUT2D eigenvalue weighted by Crippen LogP contribution is -2.08. The molecule has 0 aromatic heterocycles. The maximum absolute atomic E-state index is 11.1. The molecule has 0 amide bonds. The third kappa shape index (κ3) is 2.43. The topological polar surface area (TPSA) is 63.6 Å². The Morgan fingerprint density at radius 3 is 2.73 bits per heavy atom. The molecule has 1 N–H and O–H groups in total. The summed E-state index contributed by atoms with van der Waals surface area (Å²) in [5.41, 5.74) is 0.285. The van der Waals surface area contributed by atoms with Crippen molar-refractivity contribution in [2.24, 2.45) is 0 Å². The lowest BCUT2D eigenvalue weighted by molar-refractivity contribution is -0.130. The number of ether oxygens (including phenoxy) is 1. The van der Waals surface area contributed by atoms with Gasteiger partial charge in [0.15, 0.2) is 17.8 Å². The van der Waals surface area contributed by atoms with Gasteiger partial charge in [0.2, 0.25) is 0 Å². The Hall–Kier alpha value is -2.10. The number of para-hydroxylation sites is 1. The van der Waals surface area contributed by atoms with Crippen molar-refractivity contribution in [1.82, 2.24) is 0 Å². The van der Waals surface area contributed by atoms with Gasteiger partial charge in [-0.2, -0.15) is 0 Å². The van der Waals surface area contributed by atoms with Crippen LogP contribution in [0.1, 0.15) is 17.3 Å². The molecule has 78 valence electrons. The maximum atomic E-state index is 11.1. The van der Waals surface area contributed by atoms with E-state index in [0.29, 0.717) is 6.29 Å². The van der Waals surface area contributed by atoms with Crippen molar-refractivity contribution in [2.45, 2.75) is 6.92 Å². The molecule has 1 aromatic carbocycles. The molecule has 0 radical (unpaired) electrons. The van der Waals surface area contributed by atoms with Crippen LogP contribution in [0.4, 0.5) is 0 Å². The minimum absolute atomic E-state index is 0.0485. The summed E-state index contributed by atoms with van der Waals surface area (Å²) in [6, 6.07) is 4.31. The third-order valence-corrected chi connectivity index (χ3v) is 1.71. The number of hydrogen-bond donors (Lipinski definition) is 1. The van der Waals surface area contributed by atoms with Crippen LogP contribution in [-0.4, -0.2) is 17.4 Å². The molecule has 0 heterocycles. The van der Waals surface area contributed by atoms with Gasteiger partial charge in [0.25, 0.3) is 0 Å². The first-order valence-electron chi connectivity index (χ1n) is 4.21. The highest BCUT2D eigenvalue weighted by atomic mass is 16.5. The number of rotatable bonds is 3. The molecule has 0 aliphatic carbocycles. The number of benzene rings is 1. The van der Waals surface area contributed by atoms with E-state index >= 15 is 0 Å². The van der Waals surface area contributed by atoms with Gasteiger partial charge in [-0.1, -0.05) is 12.6 Å². The van der Waals surface area contributed by atoms with Gasteiger partial charge in [0, 0.05) is 5.57 Å². The van der Waals surface area contributed by atoms with Crippen molar-refractivity contribution < 1.29 is 19.4 Å². The number of aromatic hydroxyl groups is 1. The quantitative estimate of drug-likeness (QED) is 0.354. The Balaban J connectivity index is 3.00. The van der Waals surface area contributed by atoms with Crippen molar-refractivity contribution in [3.05, 3.63) is 35.9 Å². The van der Waals surface area contributed by atoms with Gasteiger partial charge in [-0.25, -0.2) is 4.79 Å². The third-order valence-electron chi connectivity index (χ3n) is 1.71. The van der Waals surface area contributed by atoms with E-state index in [-0.39, 0.29) is 22.6 Å². The van der Waals surface area contributed by atoms with E-state index < -0.39 is 5.97 Å². The molecule has 15 heavy (non-hydrogen) atoms. The molecule has 0 aliphatic rings. The van der Waals surface area contributed by atoms with Gasteiger partial charge < -0.3 is 9.84 Å². The first-order valence-corrected chi connectivity index (χ1v) is 4.21. The summed E-state index contributed by atoms with van der Waals surface area (Å²) < 4.78 is 4.80. The molecule has 0 aliphatic heterocycles. The molecule has 4 heteroatoms. The maximum Gasteiger partial charge on any atom is 0.338 e. The van der Waals surface area contributed by atoms with Crippen LogP contribution in [0.15, 0.2) is 30.4 Å². The normalized spacial score (nSPS) is 9.40. The van der Waals surface area contributed by atoms with E-state index in [4.69, 9.17) is 4.74 Å². The Morgan fingerprint density at radius 2 is 2.20 bits per heavy atom. The minimum Gasteiger partial charge on any atom is -0.504 e. The van der Waals surface area contributed by atoms with Crippen LogP contribution in [0.5, 0.6) is 11.5 Å². The number of esters is 1. The van der Waals surface area contributed by atoms with E-state index in [1.807, 2.05) is 0 Å². The van der Waals surface area contributed by atoms with E-state index in [1.165, 1.54) is 25.1 Å². The largest absolute Gasteiger partial charge is 0.504 e. The second kappa shape index (κ2) is 4.41. The fourth-order valence-corrected chi connectivity index (χ4v) is 0.904. The second-order valence-corrected chi connectivity index (χ2v) is 2.98. The van der Waals surface area contributed by atoms with Gasteiger partial charge >= 0.3 is 5.97 Å². The number of hydrogen-bond acceptors (Lipinski definition) is 4. The molecule has 0 saturated heterocycles. The van der Waals surface area contributed by atoms with E-state index in [2.05, 4.69) is 6.58 Å². The summed E-state index contributed by atoms with van der Waals surface area (Å²) in [5.74, 6) is -1.04. The molecular weight excluding hydrogens is 196 g/mol. The average Bonchev–Trinajstić information content (AvgIpc) is 2.21. The highest BCUT2D eigenvalue weighted by Gasteiger charge is 2.11. The number of phenols is 1. The van der Waals surface area contributed by atoms with Crippen molar-refractivity contribution in [1.29, 1.82) is 0 Å². The Morgan fingerprint density at radius 1 is 1.53 bits per heavy atom. The van der Waals surface area contributed by atoms with Crippen molar-refractivity contribution >= 4 is 12.3 Å². The molecule has 0 unspecified atom stereocenters. The minimum atomic E-state index is -0.645. The van der Waals surface area contributed by atoms with Crippen molar-refractivity contribution in [3.8, 4) is 11.5 Å². The van der Waals surface area contributed by atoms with E-state index in [0.717, 1.165) is 0 Å². The highest BCUT2D eigenvalue weighted by molar-refractivity contribution is 5.90. The van der Waals surface area contributed by atoms with Gasteiger partial charge in [-0.15, -0.1) is 0 Å².